The van der Waals surface area contributed by atoms with Crippen LogP contribution in [-0.4, -0.2) is 27.1 Å². The van der Waals surface area contributed by atoms with Gasteiger partial charge < -0.3 is 5.32 Å². The second-order valence-corrected chi connectivity index (χ2v) is 9.15. The van der Waals surface area contributed by atoms with Gasteiger partial charge in [-0.25, -0.2) is 13.1 Å². The van der Waals surface area contributed by atoms with Crippen molar-refractivity contribution in [2.75, 3.05) is 18.1 Å². The van der Waals surface area contributed by atoms with Gasteiger partial charge in [-0.2, -0.15) is 0 Å². The number of nitrogens with one attached hydrogen (secondary N) is 2. The minimum absolute atomic E-state index is 0.137. The predicted octanol–water partition coefficient (Wildman–Crippen LogP) is 3.18. The van der Waals surface area contributed by atoms with E-state index in [9.17, 15) is 13.2 Å². The number of halogens is 1. The molecule has 0 atom stereocenters. The number of sulfonamides is 1. The molecular weight excluding hydrogens is 376 g/mol. The SMILES string of the molecule is CNS(=O)(=O)c1ccc(NC(=O)CSCc2ccc(Cl)s2)cc1. The summed E-state index contributed by atoms with van der Waals surface area (Å²) in [6, 6.07) is 9.80. The van der Waals surface area contributed by atoms with Gasteiger partial charge in [-0.15, -0.1) is 23.1 Å². The van der Waals surface area contributed by atoms with Gasteiger partial charge in [0.05, 0.1) is 15.0 Å². The van der Waals surface area contributed by atoms with E-state index >= 15 is 0 Å². The van der Waals surface area contributed by atoms with Gasteiger partial charge in [0.15, 0.2) is 0 Å². The second kappa shape index (κ2) is 8.16. The zero-order valence-corrected chi connectivity index (χ0v) is 15.4. The molecule has 5 nitrogen and oxygen atoms in total. The van der Waals surface area contributed by atoms with E-state index in [4.69, 9.17) is 11.6 Å². The van der Waals surface area contributed by atoms with E-state index in [0.717, 1.165) is 15.0 Å². The molecule has 2 rings (SSSR count). The molecule has 0 saturated heterocycles. The highest BCUT2D eigenvalue weighted by molar-refractivity contribution is 7.99. The molecule has 0 radical (unpaired) electrons. The van der Waals surface area contributed by atoms with Crippen molar-refractivity contribution in [2.45, 2.75) is 10.6 Å². The standard InChI is InChI=1S/C14H15ClN2O3S3/c1-16-23(19,20)12-5-2-10(3-6-12)17-14(18)9-21-8-11-4-7-13(15)22-11/h2-7,16H,8-9H2,1H3,(H,17,18). The lowest BCUT2D eigenvalue weighted by Crippen LogP contribution is -2.18. The number of carbonyl (C=O) groups excluding carboxylic acids is 1. The van der Waals surface area contributed by atoms with Crippen molar-refractivity contribution in [3.8, 4) is 0 Å². The lowest BCUT2D eigenvalue weighted by atomic mass is 10.3. The van der Waals surface area contributed by atoms with Crippen LogP contribution in [0.5, 0.6) is 0 Å². The van der Waals surface area contributed by atoms with Gasteiger partial charge in [-0.1, -0.05) is 11.6 Å². The zero-order valence-electron chi connectivity index (χ0n) is 12.2. The van der Waals surface area contributed by atoms with Crippen molar-refractivity contribution in [3.05, 3.63) is 45.6 Å². The summed E-state index contributed by atoms with van der Waals surface area (Å²) >= 11 is 8.84. The van der Waals surface area contributed by atoms with Gasteiger partial charge >= 0.3 is 0 Å². The highest BCUT2D eigenvalue weighted by Gasteiger charge is 2.11. The maximum absolute atomic E-state index is 11.9. The van der Waals surface area contributed by atoms with E-state index in [1.165, 1.54) is 42.3 Å². The average molecular weight is 391 g/mol. The number of hydrogen-bond donors (Lipinski definition) is 2. The molecule has 1 amide bonds. The first-order valence-electron chi connectivity index (χ1n) is 6.56. The van der Waals surface area contributed by atoms with Gasteiger partial charge in [0, 0.05) is 16.3 Å². The Labute approximate surface area is 148 Å². The van der Waals surface area contributed by atoms with Crippen LogP contribution in [0.25, 0.3) is 0 Å². The first-order chi connectivity index (χ1) is 10.9. The fourth-order valence-electron chi connectivity index (χ4n) is 1.71. The third-order valence-corrected chi connectivity index (χ3v) is 6.65. The summed E-state index contributed by atoms with van der Waals surface area (Å²) in [4.78, 5) is 13.1. The summed E-state index contributed by atoms with van der Waals surface area (Å²) in [6.45, 7) is 0. The van der Waals surface area contributed by atoms with Crippen molar-refractivity contribution in [3.63, 3.8) is 0 Å². The Morgan fingerprint density at radius 3 is 2.48 bits per heavy atom. The average Bonchev–Trinajstić information content (AvgIpc) is 2.93. The molecule has 1 heterocycles. The zero-order chi connectivity index (χ0) is 16.9. The smallest absolute Gasteiger partial charge is 0.240 e. The Kier molecular flexibility index (Phi) is 6.49. The maximum atomic E-state index is 11.9. The first-order valence-corrected chi connectivity index (χ1v) is 10.4. The molecule has 0 unspecified atom stereocenters. The van der Waals surface area contributed by atoms with Gasteiger partial charge in [0.1, 0.15) is 0 Å². The molecule has 1 aromatic carbocycles. The number of rotatable bonds is 7. The monoisotopic (exact) mass is 390 g/mol. The lowest BCUT2D eigenvalue weighted by Gasteiger charge is -2.06. The van der Waals surface area contributed by atoms with Gasteiger partial charge in [0.2, 0.25) is 15.9 Å². The van der Waals surface area contributed by atoms with Crippen molar-refractivity contribution in [2.24, 2.45) is 0 Å². The van der Waals surface area contributed by atoms with E-state index in [-0.39, 0.29) is 10.8 Å². The fourth-order valence-corrected chi connectivity index (χ4v) is 4.46. The Morgan fingerprint density at radius 1 is 1.22 bits per heavy atom. The van der Waals surface area contributed by atoms with E-state index in [1.54, 1.807) is 12.1 Å². The topological polar surface area (TPSA) is 75.3 Å². The molecule has 0 aliphatic heterocycles. The van der Waals surface area contributed by atoms with Crippen molar-refractivity contribution >= 4 is 56.3 Å². The largest absolute Gasteiger partial charge is 0.325 e. The van der Waals surface area contributed by atoms with Crippen LogP contribution in [0.3, 0.4) is 0 Å². The van der Waals surface area contributed by atoms with Crippen LogP contribution >= 0.6 is 34.7 Å². The Morgan fingerprint density at radius 2 is 1.91 bits per heavy atom. The summed E-state index contributed by atoms with van der Waals surface area (Å²) < 4.78 is 26.2. The van der Waals surface area contributed by atoms with Crippen LogP contribution in [-0.2, 0) is 20.6 Å². The van der Waals surface area contributed by atoms with Crippen LogP contribution in [0.4, 0.5) is 5.69 Å². The first kappa shape index (κ1) is 18.3. The number of thioether (sulfide) groups is 1. The normalized spacial score (nSPS) is 11.4. The molecule has 2 aromatic rings. The van der Waals surface area contributed by atoms with Crippen LogP contribution < -0.4 is 10.0 Å². The van der Waals surface area contributed by atoms with Crippen LogP contribution in [0.2, 0.25) is 4.34 Å². The number of amides is 1. The van der Waals surface area contributed by atoms with Crippen molar-refractivity contribution < 1.29 is 13.2 Å². The summed E-state index contributed by atoms with van der Waals surface area (Å²) in [6.07, 6.45) is 0. The summed E-state index contributed by atoms with van der Waals surface area (Å²) in [5, 5.41) is 2.73. The third kappa shape index (κ3) is 5.50. The molecule has 0 spiro atoms. The van der Waals surface area contributed by atoms with Gasteiger partial charge in [-0.3, -0.25) is 4.79 Å². The molecule has 0 fully saturated rings. The number of thiophene rings is 1. The molecule has 1 aromatic heterocycles. The quantitative estimate of drug-likeness (QED) is 0.761. The molecule has 0 aliphatic rings. The van der Waals surface area contributed by atoms with E-state index in [0.29, 0.717) is 11.4 Å². The maximum Gasteiger partial charge on any atom is 0.240 e. The highest BCUT2D eigenvalue weighted by Crippen LogP contribution is 2.25. The van der Waals surface area contributed by atoms with Crippen LogP contribution in [0.15, 0.2) is 41.3 Å². The van der Waals surface area contributed by atoms with Crippen molar-refractivity contribution in [1.29, 1.82) is 0 Å². The molecule has 124 valence electrons. The van der Waals surface area contributed by atoms with Crippen LogP contribution in [0.1, 0.15) is 4.88 Å². The number of benzene rings is 1. The Hall–Kier alpha value is -1.06. The molecule has 23 heavy (non-hydrogen) atoms. The number of hydrogen-bond acceptors (Lipinski definition) is 5. The molecule has 0 bridgehead atoms. The summed E-state index contributed by atoms with van der Waals surface area (Å²) in [5.41, 5.74) is 0.560. The number of carbonyl (C=O) groups is 1. The second-order valence-electron chi connectivity index (χ2n) is 4.48. The van der Waals surface area contributed by atoms with Gasteiger partial charge in [-0.05, 0) is 43.4 Å². The molecule has 9 heteroatoms. The fraction of sp³-hybridized carbons (Fsp3) is 0.214. The highest BCUT2D eigenvalue weighted by atomic mass is 35.5. The van der Waals surface area contributed by atoms with Gasteiger partial charge in [0.25, 0.3) is 0 Å². The third-order valence-electron chi connectivity index (χ3n) is 2.82. The molecular formula is C14H15ClN2O3S3. The van der Waals surface area contributed by atoms with Crippen molar-refractivity contribution in [1.82, 2.24) is 4.72 Å². The number of anilines is 1. The Bertz CT molecular complexity index is 773. The molecule has 0 saturated carbocycles. The van der Waals surface area contributed by atoms with E-state index in [1.807, 2.05) is 12.1 Å². The lowest BCUT2D eigenvalue weighted by molar-refractivity contribution is -0.113. The minimum atomic E-state index is -3.46. The molecule has 0 aliphatic carbocycles. The predicted molar refractivity (Wildman–Crippen MR) is 96.8 cm³/mol. The molecule has 2 N–H and O–H groups in total. The summed E-state index contributed by atoms with van der Waals surface area (Å²) in [7, 11) is -2.11. The minimum Gasteiger partial charge on any atom is -0.325 e. The van der Waals surface area contributed by atoms with E-state index < -0.39 is 10.0 Å². The Balaban J connectivity index is 1.83. The summed E-state index contributed by atoms with van der Waals surface area (Å²) in [5.74, 6) is 0.901. The van der Waals surface area contributed by atoms with E-state index in [2.05, 4.69) is 10.0 Å². The van der Waals surface area contributed by atoms with Crippen LogP contribution in [0, 0.1) is 0 Å².